The van der Waals surface area contributed by atoms with Gasteiger partial charge in [-0.15, -0.1) is 0 Å². The number of amides is 1. The summed E-state index contributed by atoms with van der Waals surface area (Å²) >= 11 is 5.92. The molecule has 0 saturated heterocycles. The van der Waals surface area contributed by atoms with Gasteiger partial charge in [-0.2, -0.15) is 0 Å². The number of nitrogens with two attached hydrogens (primary N) is 1. The third-order valence-electron chi connectivity index (χ3n) is 5.78. The molecule has 112 valence electrons. The van der Waals surface area contributed by atoms with E-state index in [1.165, 1.54) is 32.1 Å². The summed E-state index contributed by atoms with van der Waals surface area (Å²) in [6.07, 6.45) is 6.66. The molecule has 4 saturated carbocycles. The van der Waals surface area contributed by atoms with Crippen LogP contribution in [0, 0.1) is 23.7 Å². The number of rotatable bonds is 2. The van der Waals surface area contributed by atoms with Crippen molar-refractivity contribution in [3.05, 3.63) is 28.8 Å². The second-order valence-corrected chi connectivity index (χ2v) is 7.57. The van der Waals surface area contributed by atoms with Crippen LogP contribution in [-0.4, -0.2) is 11.9 Å². The van der Waals surface area contributed by atoms with E-state index >= 15 is 0 Å². The van der Waals surface area contributed by atoms with Crippen molar-refractivity contribution in [2.75, 3.05) is 5.73 Å². The first-order chi connectivity index (χ1) is 10.1. The highest BCUT2D eigenvalue weighted by atomic mass is 35.5. The molecule has 0 unspecified atom stereocenters. The molecule has 4 aliphatic carbocycles. The molecule has 0 atom stereocenters. The van der Waals surface area contributed by atoms with Gasteiger partial charge in [0.15, 0.2) is 0 Å². The fraction of sp³-hybridized carbons (Fsp3) is 0.588. The lowest BCUT2D eigenvalue weighted by molar-refractivity contribution is -0.0119. The van der Waals surface area contributed by atoms with Crippen LogP contribution < -0.4 is 11.1 Å². The number of anilines is 1. The van der Waals surface area contributed by atoms with Gasteiger partial charge in [-0.3, -0.25) is 4.79 Å². The van der Waals surface area contributed by atoms with Gasteiger partial charge in [0.1, 0.15) is 0 Å². The molecule has 5 rings (SSSR count). The largest absolute Gasteiger partial charge is 0.398 e. The normalized spacial score (nSPS) is 36.7. The Morgan fingerprint density at radius 2 is 1.71 bits per heavy atom. The summed E-state index contributed by atoms with van der Waals surface area (Å²) in [6, 6.07) is 5.49. The number of benzene rings is 1. The van der Waals surface area contributed by atoms with E-state index in [1.54, 1.807) is 18.2 Å². The number of carbonyl (C=O) groups excluding carboxylic acids is 1. The lowest BCUT2D eigenvalue weighted by Gasteiger charge is -2.54. The number of nitrogen functional groups attached to an aromatic ring is 1. The third kappa shape index (κ3) is 2.32. The summed E-state index contributed by atoms with van der Waals surface area (Å²) in [6.45, 7) is 0. The van der Waals surface area contributed by atoms with Gasteiger partial charge in [0.2, 0.25) is 0 Å². The number of carbonyl (C=O) groups is 1. The summed E-state index contributed by atoms with van der Waals surface area (Å²) in [5, 5.41) is 3.79. The van der Waals surface area contributed by atoms with Crippen LogP contribution in [0.2, 0.25) is 5.02 Å². The molecule has 1 aromatic rings. The predicted octanol–water partition coefficient (Wildman–Crippen LogP) is 3.48. The van der Waals surface area contributed by atoms with Gasteiger partial charge in [0.05, 0.1) is 10.7 Å². The smallest absolute Gasteiger partial charge is 0.251 e. The van der Waals surface area contributed by atoms with E-state index in [2.05, 4.69) is 5.32 Å². The number of hydrogen-bond donors (Lipinski definition) is 2. The molecule has 4 fully saturated rings. The molecule has 1 aromatic carbocycles. The van der Waals surface area contributed by atoms with E-state index in [-0.39, 0.29) is 5.91 Å². The van der Waals surface area contributed by atoms with Crippen LogP contribution in [0.4, 0.5) is 5.69 Å². The predicted molar refractivity (Wildman–Crippen MR) is 84.2 cm³/mol. The fourth-order valence-electron chi connectivity index (χ4n) is 5.08. The lowest BCUT2D eigenvalue weighted by Crippen LogP contribution is -2.55. The van der Waals surface area contributed by atoms with Gasteiger partial charge in [-0.25, -0.2) is 0 Å². The molecule has 0 aliphatic heterocycles. The Morgan fingerprint density at radius 3 is 2.29 bits per heavy atom. The van der Waals surface area contributed by atoms with Crippen LogP contribution in [-0.2, 0) is 0 Å². The Labute approximate surface area is 130 Å². The topological polar surface area (TPSA) is 55.1 Å². The molecule has 0 radical (unpaired) electrons. The maximum absolute atomic E-state index is 12.5. The molecule has 1 amide bonds. The Bertz CT molecular complexity index is 558. The van der Waals surface area contributed by atoms with Gasteiger partial charge < -0.3 is 11.1 Å². The maximum atomic E-state index is 12.5. The average molecular weight is 305 g/mol. The minimum Gasteiger partial charge on any atom is -0.398 e. The van der Waals surface area contributed by atoms with Crippen LogP contribution in [0.5, 0.6) is 0 Å². The maximum Gasteiger partial charge on any atom is 0.251 e. The van der Waals surface area contributed by atoms with Crippen molar-refractivity contribution in [2.45, 2.75) is 38.1 Å². The number of hydrogen-bond acceptors (Lipinski definition) is 2. The standard InChI is InChI=1S/C17H21ClN2O/c18-14-2-1-11(8-15(14)19)17(21)20-16-12-4-9-3-10(6-12)7-13(16)5-9/h1-2,8-10,12-13,16H,3-7,19H2,(H,20,21). The first-order valence-electron chi connectivity index (χ1n) is 7.96. The first-order valence-corrected chi connectivity index (χ1v) is 8.34. The van der Waals surface area contributed by atoms with E-state index in [1.807, 2.05) is 0 Å². The Morgan fingerprint density at radius 1 is 1.10 bits per heavy atom. The van der Waals surface area contributed by atoms with E-state index in [0.29, 0.717) is 34.2 Å². The minimum atomic E-state index is -0.00385. The van der Waals surface area contributed by atoms with Gasteiger partial charge in [-0.1, -0.05) is 11.6 Å². The highest BCUT2D eigenvalue weighted by molar-refractivity contribution is 6.33. The van der Waals surface area contributed by atoms with Crippen LogP contribution in [0.3, 0.4) is 0 Å². The molecular formula is C17H21ClN2O. The molecule has 4 aliphatic rings. The zero-order valence-corrected chi connectivity index (χ0v) is 12.8. The van der Waals surface area contributed by atoms with E-state index in [0.717, 1.165) is 11.8 Å². The molecule has 3 N–H and O–H groups in total. The van der Waals surface area contributed by atoms with Crippen molar-refractivity contribution in [1.29, 1.82) is 0 Å². The summed E-state index contributed by atoms with van der Waals surface area (Å²) in [4.78, 5) is 12.5. The highest BCUT2D eigenvalue weighted by Gasteiger charge is 2.48. The molecule has 0 aromatic heterocycles. The van der Waals surface area contributed by atoms with Gasteiger partial charge in [0.25, 0.3) is 5.91 Å². The quantitative estimate of drug-likeness (QED) is 0.822. The summed E-state index contributed by atoms with van der Waals surface area (Å²) < 4.78 is 0. The summed E-state index contributed by atoms with van der Waals surface area (Å²) in [5.74, 6) is 3.22. The Hall–Kier alpha value is -1.22. The molecule has 3 nitrogen and oxygen atoms in total. The van der Waals surface area contributed by atoms with Gasteiger partial charge in [0, 0.05) is 11.6 Å². The van der Waals surface area contributed by atoms with Crippen molar-refractivity contribution < 1.29 is 4.79 Å². The minimum absolute atomic E-state index is 0.00385. The number of nitrogens with one attached hydrogen (secondary N) is 1. The molecule has 0 heterocycles. The fourth-order valence-corrected chi connectivity index (χ4v) is 5.20. The third-order valence-corrected chi connectivity index (χ3v) is 6.13. The van der Waals surface area contributed by atoms with Crippen molar-refractivity contribution in [2.24, 2.45) is 23.7 Å². The van der Waals surface area contributed by atoms with E-state index in [9.17, 15) is 4.79 Å². The lowest BCUT2D eigenvalue weighted by atomic mass is 9.54. The zero-order valence-electron chi connectivity index (χ0n) is 12.0. The Kier molecular flexibility index (Phi) is 3.14. The molecule has 4 heteroatoms. The monoisotopic (exact) mass is 304 g/mol. The highest BCUT2D eigenvalue weighted by Crippen LogP contribution is 2.53. The van der Waals surface area contributed by atoms with Gasteiger partial charge in [-0.05, 0) is 74.0 Å². The molecule has 4 bridgehead atoms. The van der Waals surface area contributed by atoms with Crippen molar-refractivity contribution in [3.8, 4) is 0 Å². The number of halogens is 1. The molecule has 21 heavy (non-hydrogen) atoms. The van der Waals surface area contributed by atoms with Crippen LogP contribution in [0.15, 0.2) is 18.2 Å². The molecule has 0 spiro atoms. The average Bonchev–Trinajstić information content (AvgIpc) is 2.45. The van der Waals surface area contributed by atoms with Crippen LogP contribution >= 0.6 is 11.6 Å². The van der Waals surface area contributed by atoms with E-state index in [4.69, 9.17) is 17.3 Å². The second kappa shape index (κ2) is 4.91. The van der Waals surface area contributed by atoms with E-state index < -0.39 is 0 Å². The summed E-state index contributed by atoms with van der Waals surface area (Å²) in [7, 11) is 0. The molecular weight excluding hydrogens is 284 g/mol. The van der Waals surface area contributed by atoms with Gasteiger partial charge >= 0.3 is 0 Å². The SMILES string of the molecule is Nc1cc(C(=O)NC2C3CC4CC(C3)CC2C4)ccc1Cl. The van der Waals surface area contributed by atoms with Crippen molar-refractivity contribution >= 4 is 23.2 Å². The van der Waals surface area contributed by atoms with Crippen molar-refractivity contribution in [1.82, 2.24) is 5.32 Å². The van der Waals surface area contributed by atoms with Crippen LogP contribution in [0.1, 0.15) is 42.5 Å². The van der Waals surface area contributed by atoms with Crippen LogP contribution in [0.25, 0.3) is 0 Å². The Balaban J connectivity index is 1.50. The van der Waals surface area contributed by atoms with Crippen molar-refractivity contribution in [3.63, 3.8) is 0 Å². The first kappa shape index (κ1) is 13.4. The second-order valence-electron chi connectivity index (χ2n) is 7.17. The summed E-state index contributed by atoms with van der Waals surface area (Å²) in [5.41, 5.74) is 6.88. The zero-order chi connectivity index (χ0) is 14.6.